The summed E-state index contributed by atoms with van der Waals surface area (Å²) in [5.41, 5.74) is 1.49. The van der Waals surface area contributed by atoms with Crippen LogP contribution in [-0.4, -0.2) is 18.2 Å². The molecule has 0 N–H and O–H groups in total. The first-order valence-corrected chi connectivity index (χ1v) is 7.56. The molecule has 1 fully saturated rings. The zero-order chi connectivity index (χ0) is 10.1. The normalized spacial score (nSPS) is 18.0. The maximum atomic E-state index is 2.57. The summed E-state index contributed by atoms with van der Waals surface area (Å²) in [5.74, 6) is 0. The van der Waals surface area contributed by atoms with Crippen molar-refractivity contribution in [3.8, 4) is 0 Å². The van der Waals surface area contributed by atoms with Gasteiger partial charge in [-0.25, -0.2) is 0 Å². The number of hydrogen-bond donors (Lipinski definition) is 0. The summed E-state index contributed by atoms with van der Waals surface area (Å²) in [6.07, 6.45) is 4.14. The van der Waals surface area contributed by atoms with E-state index in [1.807, 2.05) is 23.5 Å². The van der Waals surface area contributed by atoms with E-state index in [-0.39, 0.29) is 24.8 Å². The predicted octanol–water partition coefficient (Wildman–Crippen LogP) is 4.68. The number of benzene rings is 1. The summed E-state index contributed by atoms with van der Waals surface area (Å²) in [4.78, 5) is 5.59. The van der Waals surface area contributed by atoms with Gasteiger partial charge in [0.2, 0.25) is 0 Å². The first-order chi connectivity index (χ1) is 7.45. The van der Waals surface area contributed by atoms with Crippen molar-refractivity contribution in [2.75, 3.05) is 23.1 Å². The largest absolute Gasteiger partial charge is 0.371 e. The monoisotopic (exact) mass is 309 g/mol. The maximum absolute atomic E-state index is 2.57. The third-order valence-electron chi connectivity index (χ3n) is 3.07. The van der Waals surface area contributed by atoms with Crippen molar-refractivity contribution < 1.29 is 0 Å². The molecular formula is C12H17Cl2NS2. The van der Waals surface area contributed by atoms with Gasteiger partial charge >= 0.3 is 0 Å². The van der Waals surface area contributed by atoms with Crippen LogP contribution in [-0.2, 0) is 0 Å². The Labute approximate surface area is 124 Å². The third kappa shape index (κ3) is 3.19. The number of hydrogen-bond acceptors (Lipinski definition) is 3. The number of rotatable bonds is 1. The van der Waals surface area contributed by atoms with Crippen molar-refractivity contribution in [2.24, 2.45) is 0 Å². The van der Waals surface area contributed by atoms with Crippen LogP contribution in [0.2, 0.25) is 0 Å². The molecule has 2 aliphatic heterocycles. The van der Waals surface area contributed by atoms with Crippen LogP contribution in [0, 0.1) is 0 Å². The Kier molecular flexibility index (Phi) is 6.35. The molecule has 2 aliphatic rings. The molecule has 1 aromatic rings. The van der Waals surface area contributed by atoms with Crippen molar-refractivity contribution in [1.82, 2.24) is 0 Å². The van der Waals surface area contributed by atoms with Gasteiger partial charge in [-0.3, -0.25) is 0 Å². The number of nitrogens with zero attached hydrogens (tertiary/aromatic N) is 1. The molecule has 17 heavy (non-hydrogen) atoms. The van der Waals surface area contributed by atoms with Crippen molar-refractivity contribution in [3.05, 3.63) is 18.2 Å². The quantitative estimate of drug-likeness (QED) is 0.742. The van der Waals surface area contributed by atoms with Crippen LogP contribution in [0.5, 0.6) is 0 Å². The van der Waals surface area contributed by atoms with Gasteiger partial charge in [0.05, 0.1) is 5.69 Å². The molecule has 96 valence electrons. The Morgan fingerprint density at radius 1 is 0.941 bits per heavy atom. The molecule has 2 heterocycles. The second-order valence-corrected chi connectivity index (χ2v) is 6.43. The van der Waals surface area contributed by atoms with Gasteiger partial charge in [-0.1, -0.05) is 6.07 Å². The van der Waals surface area contributed by atoms with E-state index in [9.17, 15) is 0 Å². The molecule has 3 rings (SSSR count). The highest BCUT2D eigenvalue weighted by atomic mass is 35.5. The highest BCUT2D eigenvalue weighted by Crippen LogP contribution is 2.47. The zero-order valence-electron chi connectivity index (χ0n) is 9.55. The fourth-order valence-corrected chi connectivity index (χ4v) is 4.83. The SMILES string of the molecule is Cl.Cl.c1cc2c(c(N3CCCCC3)c1)SCS2. The molecule has 0 spiro atoms. The van der Waals surface area contributed by atoms with Crippen LogP contribution in [0.4, 0.5) is 5.69 Å². The Morgan fingerprint density at radius 2 is 1.71 bits per heavy atom. The maximum Gasteiger partial charge on any atom is 0.0516 e. The minimum Gasteiger partial charge on any atom is -0.371 e. The van der Waals surface area contributed by atoms with E-state index >= 15 is 0 Å². The van der Waals surface area contributed by atoms with Gasteiger partial charge in [0.1, 0.15) is 0 Å². The molecule has 0 aliphatic carbocycles. The molecule has 0 unspecified atom stereocenters. The molecule has 0 amide bonds. The van der Waals surface area contributed by atoms with Crippen LogP contribution in [0.15, 0.2) is 28.0 Å². The smallest absolute Gasteiger partial charge is 0.0516 e. The van der Waals surface area contributed by atoms with Crippen molar-refractivity contribution >= 4 is 54.0 Å². The van der Waals surface area contributed by atoms with Gasteiger partial charge in [0.15, 0.2) is 0 Å². The second-order valence-electron chi connectivity index (χ2n) is 4.06. The third-order valence-corrected chi connectivity index (χ3v) is 5.51. The molecule has 5 heteroatoms. The van der Waals surface area contributed by atoms with Gasteiger partial charge in [0, 0.05) is 28.0 Å². The topological polar surface area (TPSA) is 3.24 Å². The van der Waals surface area contributed by atoms with Crippen LogP contribution in [0.25, 0.3) is 0 Å². The summed E-state index contributed by atoms with van der Waals surface area (Å²) in [6.45, 7) is 2.50. The Morgan fingerprint density at radius 3 is 2.47 bits per heavy atom. The number of fused-ring (bicyclic) bond motifs is 1. The fourth-order valence-electron chi connectivity index (χ4n) is 2.30. The summed E-state index contributed by atoms with van der Waals surface area (Å²) < 4.78 is 0. The molecule has 0 saturated carbocycles. The lowest BCUT2D eigenvalue weighted by Crippen LogP contribution is -2.29. The number of piperidine rings is 1. The molecule has 1 aromatic carbocycles. The average molecular weight is 310 g/mol. The van der Waals surface area contributed by atoms with Crippen LogP contribution in [0.1, 0.15) is 19.3 Å². The first kappa shape index (κ1) is 15.4. The number of halogens is 2. The lowest BCUT2D eigenvalue weighted by molar-refractivity contribution is 0.574. The number of anilines is 1. The highest BCUT2D eigenvalue weighted by molar-refractivity contribution is 8.18. The average Bonchev–Trinajstić information content (AvgIpc) is 2.78. The molecule has 0 bridgehead atoms. The van der Waals surface area contributed by atoms with Crippen LogP contribution in [0.3, 0.4) is 0 Å². The standard InChI is InChI=1S/C12H15NS2.2ClH/c1-2-7-13(8-3-1)10-5-4-6-11-12(10)15-9-14-11;;/h4-6H,1-3,7-9H2;2*1H. The van der Waals surface area contributed by atoms with Gasteiger partial charge in [-0.15, -0.1) is 48.3 Å². The fraction of sp³-hybridized carbons (Fsp3) is 0.500. The molecule has 0 radical (unpaired) electrons. The van der Waals surface area contributed by atoms with E-state index in [0.717, 1.165) is 0 Å². The van der Waals surface area contributed by atoms with E-state index < -0.39 is 0 Å². The Bertz CT molecular complexity index is 368. The van der Waals surface area contributed by atoms with Crippen LogP contribution >= 0.6 is 48.3 Å². The second kappa shape index (κ2) is 7.03. The molecule has 1 nitrogen and oxygen atoms in total. The minimum atomic E-state index is 0. The molecule has 0 aromatic heterocycles. The molecule has 1 saturated heterocycles. The predicted molar refractivity (Wildman–Crippen MR) is 83.6 cm³/mol. The highest BCUT2D eigenvalue weighted by Gasteiger charge is 2.20. The van der Waals surface area contributed by atoms with Crippen molar-refractivity contribution in [1.29, 1.82) is 0 Å². The Hall–Kier alpha value is 0.300. The van der Waals surface area contributed by atoms with E-state index in [2.05, 4.69) is 23.1 Å². The summed E-state index contributed by atoms with van der Waals surface area (Å²) in [5, 5.41) is 1.19. The number of thioether (sulfide) groups is 2. The lowest BCUT2D eigenvalue weighted by Gasteiger charge is -2.30. The van der Waals surface area contributed by atoms with Crippen LogP contribution < -0.4 is 4.90 Å². The summed E-state index contributed by atoms with van der Waals surface area (Å²) >= 11 is 3.99. The minimum absolute atomic E-state index is 0. The first-order valence-electron chi connectivity index (χ1n) is 5.59. The van der Waals surface area contributed by atoms with E-state index in [1.165, 1.54) is 52.9 Å². The van der Waals surface area contributed by atoms with Gasteiger partial charge in [0.25, 0.3) is 0 Å². The van der Waals surface area contributed by atoms with Crippen molar-refractivity contribution in [3.63, 3.8) is 0 Å². The molecule has 0 atom stereocenters. The Balaban J connectivity index is 0.000000722. The zero-order valence-corrected chi connectivity index (χ0v) is 12.8. The summed E-state index contributed by atoms with van der Waals surface area (Å²) in [6, 6.07) is 6.76. The van der Waals surface area contributed by atoms with Gasteiger partial charge in [-0.05, 0) is 31.4 Å². The van der Waals surface area contributed by atoms with Gasteiger partial charge < -0.3 is 4.90 Å². The molecular weight excluding hydrogens is 293 g/mol. The lowest BCUT2D eigenvalue weighted by atomic mass is 10.1. The van der Waals surface area contributed by atoms with Crippen molar-refractivity contribution in [2.45, 2.75) is 29.1 Å². The van der Waals surface area contributed by atoms with E-state index in [1.54, 1.807) is 0 Å². The van der Waals surface area contributed by atoms with E-state index in [4.69, 9.17) is 0 Å². The summed E-state index contributed by atoms with van der Waals surface area (Å²) in [7, 11) is 0. The van der Waals surface area contributed by atoms with E-state index in [0.29, 0.717) is 0 Å². The van der Waals surface area contributed by atoms with Gasteiger partial charge in [-0.2, -0.15) is 0 Å².